The van der Waals surface area contributed by atoms with E-state index in [-0.39, 0.29) is 35.4 Å². The molecule has 0 atom stereocenters. The molecule has 0 saturated heterocycles. The third kappa shape index (κ3) is 3.07. The summed E-state index contributed by atoms with van der Waals surface area (Å²) in [4.78, 5) is 26.6. The Labute approximate surface area is 134 Å². The minimum atomic E-state index is -0.873. The number of aromatic hydroxyl groups is 1. The summed E-state index contributed by atoms with van der Waals surface area (Å²) in [5.74, 6) is 0.0445. The second kappa shape index (κ2) is 6.45. The zero-order valence-electron chi connectivity index (χ0n) is 12.4. The molecule has 0 unspecified atom stereocenters. The van der Waals surface area contributed by atoms with Crippen molar-refractivity contribution < 1.29 is 24.2 Å². The fourth-order valence-corrected chi connectivity index (χ4v) is 2.35. The van der Waals surface area contributed by atoms with Gasteiger partial charge in [-0.15, -0.1) is 10.1 Å². The number of phenolic OH excluding ortho intramolecular Hbond substituents is 1. The Balaban J connectivity index is 1.88. The lowest BCUT2D eigenvalue weighted by Gasteiger charge is -2.08. The molecule has 0 saturated carbocycles. The zero-order valence-corrected chi connectivity index (χ0v) is 12.4. The van der Waals surface area contributed by atoms with Crippen molar-refractivity contribution in [3.8, 4) is 11.5 Å². The molecule has 0 fully saturated rings. The molecule has 0 aliphatic rings. The number of rotatable bonds is 6. The predicted octanol–water partition coefficient (Wildman–Crippen LogP) is 2.63. The first kappa shape index (κ1) is 15.6. The van der Waals surface area contributed by atoms with Gasteiger partial charge in [0.2, 0.25) is 5.43 Å². The average Bonchev–Trinajstić information content (AvgIpc) is 2.54. The van der Waals surface area contributed by atoms with Crippen LogP contribution >= 0.6 is 0 Å². The number of nitrogens with zero attached hydrogens (tertiary/aromatic N) is 1. The molecule has 0 spiro atoms. The van der Waals surface area contributed by atoms with E-state index in [0.29, 0.717) is 23.1 Å². The maximum atomic E-state index is 12.4. The van der Waals surface area contributed by atoms with Gasteiger partial charge in [-0.05, 0) is 12.1 Å². The minimum absolute atomic E-state index is 0.0812. The van der Waals surface area contributed by atoms with Gasteiger partial charge in [0.25, 0.3) is 5.09 Å². The van der Waals surface area contributed by atoms with Gasteiger partial charge in [-0.1, -0.05) is 12.1 Å². The minimum Gasteiger partial charge on any atom is -0.507 e. The van der Waals surface area contributed by atoms with Gasteiger partial charge in [-0.25, -0.2) is 0 Å². The molecule has 124 valence electrons. The van der Waals surface area contributed by atoms with Crippen LogP contribution in [0.15, 0.2) is 45.6 Å². The summed E-state index contributed by atoms with van der Waals surface area (Å²) >= 11 is 0. The fraction of sp³-hybridized carbons (Fsp3) is 0.188. The van der Waals surface area contributed by atoms with Crippen molar-refractivity contribution in [2.45, 2.75) is 6.42 Å². The van der Waals surface area contributed by atoms with E-state index in [2.05, 4.69) is 4.84 Å². The van der Waals surface area contributed by atoms with Crippen molar-refractivity contribution in [2.75, 3.05) is 13.2 Å². The first-order valence-corrected chi connectivity index (χ1v) is 7.15. The van der Waals surface area contributed by atoms with E-state index < -0.39 is 5.09 Å². The van der Waals surface area contributed by atoms with Crippen LogP contribution in [0.25, 0.3) is 21.9 Å². The molecule has 0 bridgehead atoms. The van der Waals surface area contributed by atoms with Crippen molar-refractivity contribution in [3.63, 3.8) is 0 Å². The monoisotopic (exact) mass is 331 g/mol. The maximum Gasteiger partial charge on any atom is 0.294 e. The highest BCUT2D eigenvalue weighted by atomic mass is 16.9. The predicted molar refractivity (Wildman–Crippen MR) is 84.7 cm³/mol. The van der Waals surface area contributed by atoms with E-state index in [4.69, 9.17) is 9.15 Å². The van der Waals surface area contributed by atoms with Gasteiger partial charge in [0.05, 0.1) is 18.6 Å². The Morgan fingerprint density at radius 3 is 2.75 bits per heavy atom. The molecule has 0 aliphatic carbocycles. The summed E-state index contributed by atoms with van der Waals surface area (Å²) in [6, 6.07) is 9.55. The van der Waals surface area contributed by atoms with Gasteiger partial charge in [-0.3, -0.25) is 4.79 Å². The molecule has 24 heavy (non-hydrogen) atoms. The molecule has 2 aromatic carbocycles. The van der Waals surface area contributed by atoms with Crippen LogP contribution in [0.5, 0.6) is 11.5 Å². The second-order valence-corrected chi connectivity index (χ2v) is 5.00. The van der Waals surface area contributed by atoms with Crippen LogP contribution in [0.4, 0.5) is 0 Å². The first-order chi connectivity index (χ1) is 11.6. The highest BCUT2D eigenvalue weighted by Crippen LogP contribution is 2.30. The highest BCUT2D eigenvalue weighted by molar-refractivity contribution is 5.93. The Morgan fingerprint density at radius 1 is 1.17 bits per heavy atom. The van der Waals surface area contributed by atoms with Gasteiger partial charge in [0.15, 0.2) is 0 Å². The molecule has 3 rings (SSSR count). The van der Waals surface area contributed by atoms with Crippen molar-refractivity contribution in [3.05, 3.63) is 56.7 Å². The van der Waals surface area contributed by atoms with Crippen LogP contribution in [0.2, 0.25) is 0 Å². The van der Waals surface area contributed by atoms with Crippen LogP contribution < -0.4 is 10.2 Å². The van der Waals surface area contributed by atoms with E-state index >= 15 is 0 Å². The van der Waals surface area contributed by atoms with Crippen LogP contribution in [0.1, 0.15) is 6.42 Å². The fourth-order valence-electron chi connectivity index (χ4n) is 2.35. The molecule has 8 heteroatoms. The molecule has 0 aliphatic heterocycles. The first-order valence-electron chi connectivity index (χ1n) is 7.15. The molecule has 1 aromatic heterocycles. The molecular weight excluding hydrogens is 318 g/mol. The van der Waals surface area contributed by atoms with Gasteiger partial charge < -0.3 is 19.1 Å². The summed E-state index contributed by atoms with van der Waals surface area (Å²) in [5.41, 5.74) is 0.288. The van der Waals surface area contributed by atoms with Crippen LogP contribution in [-0.2, 0) is 4.84 Å². The molecule has 1 N–H and O–H groups in total. The van der Waals surface area contributed by atoms with Gasteiger partial charge in [-0.2, -0.15) is 0 Å². The lowest BCUT2D eigenvalue weighted by Crippen LogP contribution is -2.07. The number of phenols is 1. The van der Waals surface area contributed by atoms with Gasteiger partial charge in [0, 0.05) is 18.6 Å². The van der Waals surface area contributed by atoms with Crippen molar-refractivity contribution in [1.29, 1.82) is 0 Å². The zero-order chi connectivity index (χ0) is 17.1. The van der Waals surface area contributed by atoms with Crippen molar-refractivity contribution in [1.82, 2.24) is 0 Å². The van der Waals surface area contributed by atoms with E-state index in [0.717, 1.165) is 0 Å². The van der Waals surface area contributed by atoms with Gasteiger partial charge >= 0.3 is 0 Å². The third-order valence-electron chi connectivity index (χ3n) is 3.39. The summed E-state index contributed by atoms with van der Waals surface area (Å²) in [7, 11) is 0. The van der Waals surface area contributed by atoms with E-state index in [9.17, 15) is 20.0 Å². The van der Waals surface area contributed by atoms with Crippen LogP contribution in [0, 0.1) is 10.1 Å². The molecule has 0 radical (unpaired) electrons. The summed E-state index contributed by atoms with van der Waals surface area (Å²) < 4.78 is 11.1. The molecular formula is C16H13NO7. The standard InChI is InChI=1S/C16H13NO7/c18-12-8-10(22-6-3-7-23-17(20)21)9-14-15(12)16(19)11-4-1-2-5-13(11)24-14/h1-2,4-5,8-9,18H,3,6-7H2. The van der Waals surface area contributed by atoms with E-state index in [1.165, 1.54) is 12.1 Å². The Morgan fingerprint density at radius 2 is 1.96 bits per heavy atom. The second-order valence-electron chi connectivity index (χ2n) is 5.00. The number of hydrogen-bond donors (Lipinski definition) is 1. The molecule has 1 heterocycles. The van der Waals surface area contributed by atoms with E-state index in [1.807, 2.05) is 0 Å². The van der Waals surface area contributed by atoms with Crippen molar-refractivity contribution in [2.24, 2.45) is 0 Å². The normalized spacial score (nSPS) is 10.8. The highest BCUT2D eigenvalue weighted by Gasteiger charge is 2.13. The maximum absolute atomic E-state index is 12.4. The average molecular weight is 331 g/mol. The number of ether oxygens (including phenoxy) is 1. The lowest BCUT2D eigenvalue weighted by atomic mass is 10.1. The van der Waals surface area contributed by atoms with Crippen LogP contribution in [0.3, 0.4) is 0 Å². The molecule has 3 aromatic rings. The topological polar surface area (TPSA) is 112 Å². The van der Waals surface area contributed by atoms with Gasteiger partial charge in [0.1, 0.15) is 28.1 Å². The Hall–Kier alpha value is -3.29. The number of benzene rings is 2. The lowest BCUT2D eigenvalue weighted by molar-refractivity contribution is -0.757. The number of fused-ring (bicyclic) bond motifs is 2. The summed E-state index contributed by atoms with van der Waals surface area (Å²) in [6.45, 7) is 0.0584. The summed E-state index contributed by atoms with van der Waals surface area (Å²) in [6.07, 6.45) is 0.293. The Bertz CT molecular complexity index is 964. The molecule has 8 nitrogen and oxygen atoms in total. The van der Waals surface area contributed by atoms with Crippen LogP contribution in [-0.4, -0.2) is 23.4 Å². The van der Waals surface area contributed by atoms with Crippen molar-refractivity contribution >= 4 is 21.9 Å². The largest absolute Gasteiger partial charge is 0.507 e. The number of hydrogen-bond acceptors (Lipinski definition) is 7. The SMILES string of the molecule is O=c1c2ccccc2oc2cc(OCCCO[N+](=O)[O-])cc(O)c12. The quantitative estimate of drug-likeness (QED) is 0.320. The number of para-hydroxylation sites is 1. The summed E-state index contributed by atoms with van der Waals surface area (Å²) in [5, 5.41) is 19.7. The molecule has 0 amide bonds. The Kier molecular flexibility index (Phi) is 4.19. The van der Waals surface area contributed by atoms with E-state index in [1.54, 1.807) is 24.3 Å². The third-order valence-corrected chi connectivity index (χ3v) is 3.39. The smallest absolute Gasteiger partial charge is 0.294 e.